The van der Waals surface area contributed by atoms with Crippen molar-refractivity contribution >= 4 is 11.7 Å². The van der Waals surface area contributed by atoms with Gasteiger partial charge in [-0.2, -0.15) is 0 Å². The molecule has 7 heteroatoms. The first-order chi connectivity index (χ1) is 13.1. The molecule has 7 nitrogen and oxygen atoms in total. The molecule has 0 aliphatic heterocycles. The van der Waals surface area contributed by atoms with Crippen molar-refractivity contribution in [3.63, 3.8) is 0 Å². The summed E-state index contributed by atoms with van der Waals surface area (Å²) >= 11 is 0. The zero-order chi connectivity index (χ0) is 19.6. The Kier molecular flexibility index (Phi) is 7.98. The lowest BCUT2D eigenvalue weighted by atomic mass is 10.1. The van der Waals surface area contributed by atoms with Crippen molar-refractivity contribution in [3.8, 4) is 5.75 Å². The molecule has 1 amide bonds. The Hall–Kier alpha value is -2.70. The summed E-state index contributed by atoms with van der Waals surface area (Å²) in [4.78, 5) is 24.8. The van der Waals surface area contributed by atoms with E-state index >= 15 is 0 Å². The summed E-state index contributed by atoms with van der Waals surface area (Å²) < 4.78 is 5.92. The SMILES string of the molecule is CCCC(CCC)Nc1nc(C)ncc1OCc1cccc(C(=O)NC)n1. The molecule has 0 aliphatic rings. The summed E-state index contributed by atoms with van der Waals surface area (Å²) in [6.07, 6.45) is 6.04. The van der Waals surface area contributed by atoms with Gasteiger partial charge in [0, 0.05) is 13.1 Å². The summed E-state index contributed by atoms with van der Waals surface area (Å²) in [7, 11) is 1.58. The summed E-state index contributed by atoms with van der Waals surface area (Å²) in [6.45, 7) is 6.45. The third-order valence-corrected chi connectivity index (χ3v) is 4.13. The average Bonchev–Trinajstić information content (AvgIpc) is 2.67. The Balaban J connectivity index is 2.13. The van der Waals surface area contributed by atoms with E-state index in [4.69, 9.17) is 4.74 Å². The highest BCUT2D eigenvalue weighted by Gasteiger charge is 2.14. The Morgan fingerprint density at radius 2 is 1.93 bits per heavy atom. The number of aryl methyl sites for hydroxylation is 1. The van der Waals surface area contributed by atoms with Crippen molar-refractivity contribution in [2.24, 2.45) is 0 Å². The molecule has 0 aromatic carbocycles. The largest absolute Gasteiger partial charge is 0.482 e. The highest BCUT2D eigenvalue weighted by molar-refractivity contribution is 5.91. The van der Waals surface area contributed by atoms with E-state index in [0.717, 1.165) is 25.7 Å². The molecule has 27 heavy (non-hydrogen) atoms. The molecule has 0 saturated carbocycles. The number of carbonyl (C=O) groups is 1. The normalized spacial score (nSPS) is 10.7. The van der Waals surface area contributed by atoms with E-state index in [1.807, 2.05) is 13.0 Å². The number of hydrogen-bond donors (Lipinski definition) is 2. The Labute approximate surface area is 161 Å². The number of hydrogen-bond acceptors (Lipinski definition) is 6. The standard InChI is InChI=1S/C20H29N5O2/c1-5-8-15(9-6-2)25-19-18(12-22-14(3)23-19)27-13-16-10-7-11-17(24-16)20(26)21-4/h7,10-12,15H,5-6,8-9,13H2,1-4H3,(H,21,26)(H,22,23,25). The molecule has 0 radical (unpaired) electrons. The molecular weight excluding hydrogens is 342 g/mol. The maximum atomic E-state index is 11.7. The number of amides is 1. The third kappa shape index (κ3) is 6.20. The van der Waals surface area contributed by atoms with Gasteiger partial charge in [-0.05, 0) is 31.9 Å². The maximum absolute atomic E-state index is 11.7. The predicted octanol–water partition coefficient (Wildman–Crippen LogP) is 3.50. The van der Waals surface area contributed by atoms with Crippen LogP contribution >= 0.6 is 0 Å². The lowest BCUT2D eigenvalue weighted by Gasteiger charge is -2.20. The van der Waals surface area contributed by atoms with Gasteiger partial charge in [-0.3, -0.25) is 4.79 Å². The van der Waals surface area contributed by atoms with Gasteiger partial charge in [0.2, 0.25) is 0 Å². The summed E-state index contributed by atoms with van der Waals surface area (Å²) in [5, 5.41) is 6.08. The van der Waals surface area contributed by atoms with Gasteiger partial charge in [0.1, 0.15) is 18.1 Å². The van der Waals surface area contributed by atoms with Crippen LogP contribution in [0, 0.1) is 6.92 Å². The van der Waals surface area contributed by atoms with E-state index in [1.54, 1.807) is 25.4 Å². The molecule has 0 unspecified atom stereocenters. The fourth-order valence-corrected chi connectivity index (χ4v) is 2.81. The van der Waals surface area contributed by atoms with Crippen LogP contribution in [0.4, 0.5) is 5.82 Å². The van der Waals surface area contributed by atoms with E-state index in [-0.39, 0.29) is 12.5 Å². The fourth-order valence-electron chi connectivity index (χ4n) is 2.81. The number of aromatic nitrogens is 3. The van der Waals surface area contributed by atoms with Crippen LogP contribution in [-0.4, -0.2) is 33.9 Å². The van der Waals surface area contributed by atoms with Gasteiger partial charge in [0.25, 0.3) is 5.91 Å². The third-order valence-electron chi connectivity index (χ3n) is 4.13. The molecule has 0 saturated heterocycles. The van der Waals surface area contributed by atoms with Crippen LogP contribution in [0.15, 0.2) is 24.4 Å². The highest BCUT2D eigenvalue weighted by Crippen LogP contribution is 2.24. The number of pyridine rings is 1. The van der Waals surface area contributed by atoms with E-state index in [1.165, 1.54) is 0 Å². The number of carbonyl (C=O) groups excluding carboxylic acids is 1. The average molecular weight is 371 g/mol. The van der Waals surface area contributed by atoms with Crippen molar-refractivity contribution in [1.82, 2.24) is 20.3 Å². The van der Waals surface area contributed by atoms with Crippen molar-refractivity contribution in [2.75, 3.05) is 12.4 Å². The van der Waals surface area contributed by atoms with Gasteiger partial charge in [-0.25, -0.2) is 15.0 Å². The van der Waals surface area contributed by atoms with Gasteiger partial charge in [0.15, 0.2) is 11.6 Å². The van der Waals surface area contributed by atoms with Gasteiger partial charge in [0.05, 0.1) is 11.9 Å². The number of anilines is 1. The van der Waals surface area contributed by atoms with Crippen LogP contribution in [0.25, 0.3) is 0 Å². The van der Waals surface area contributed by atoms with Crippen LogP contribution in [-0.2, 0) is 6.61 Å². The number of nitrogens with one attached hydrogen (secondary N) is 2. The first kappa shape index (κ1) is 20.6. The van der Waals surface area contributed by atoms with Gasteiger partial charge < -0.3 is 15.4 Å². The Morgan fingerprint density at radius 3 is 2.59 bits per heavy atom. The fraction of sp³-hybridized carbons (Fsp3) is 0.500. The minimum Gasteiger partial charge on any atom is -0.482 e. The lowest BCUT2D eigenvalue weighted by Crippen LogP contribution is -2.21. The van der Waals surface area contributed by atoms with E-state index in [9.17, 15) is 4.79 Å². The molecule has 0 spiro atoms. The molecule has 2 aromatic rings. The molecule has 0 aliphatic carbocycles. The van der Waals surface area contributed by atoms with Crippen molar-refractivity contribution in [1.29, 1.82) is 0 Å². The summed E-state index contributed by atoms with van der Waals surface area (Å²) in [6, 6.07) is 5.64. The second-order valence-electron chi connectivity index (χ2n) is 6.43. The topological polar surface area (TPSA) is 89.0 Å². The second-order valence-corrected chi connectivity index (χ2v) is 6.43. The zero-order valence-electron chi connectivity index (χ0n) is 16.6. The molecule has 2 N–H and O–H groups in total. The molecule has 0 bridgehead atoms. The van der Waals surface area contributed by atoms with Crippen LogP contribution < -0.4 is 15.4 Å². The maximum Gasteiger partial charge on any atom is 0.269 e. The zero-order valence-corrected chi connectivity index (χ0v) is 16.6. The summed E-state index contributed by atoms with van der Waals surface area (Å²) in [5.41, 5.74) is 1.03. The highest BCUT2D eigenvalue weighted by atomic mass is 16.5. The Morgan fingerprint density at radius 1 is 1.19 bits per heavy atom. The van der Waals surface area contributed by atoms with Crippen molar-refractivity contribution in [3.05, 3.63) is 41.6 Å². The van der Waals surface area contributed by atoms with E-state index < -0.39 is 0 Å². The molecule has 2 rings (SSSR count). The summed E-state index contributed by atoms with van der Waals surface area (Å²) in [5.74, 6) is 1.76. The first-order valence-electron chi connectivity index (χ1n) is 9.48. The molecule has 2 heterocycles. The first-order valence-corrected chi connectivity index (χ1v) is 9.48. The monoisotopic (exact) mass is 371 g/mol. The van der Waals surface area contributed by atoms with Crippen molar-refractivity contribution < 1.29 is 9.53 Å². The molecule has 0 fully saturated rings. The molecule has 0 atom stereocenters. The minimum atomic E-state index is -0.222. The van der Waals surface area contributed by atoms with Gasteiger partial charge in [-0.1, -0.05) is 32.8 Å². The molecule has 146 valence electrons. The van der Waals surface area contributed by atoms with Crippen molar-refractivity contribution in [2.45, 2.75) is 59.1 Å². The Bertz CT molecular complexity index is 745. The van der Waals surface area contributed by atoms with Gasteiger partial charge >= 0.3 is 0 Å². The predicted molar refractivity (Wildman–Crippen MR) is 106 cm³/mol. The molecular formula is C20H29N5O2. The smallest absolute Gasteiger partial charge is 0.269 e. The number of ether oxygens (including phenoxy) is 1. The van der Waals surface area contributed by atoms with Crippen LogP contribution in [0.1, 0.15) is 61.5 Å². The van der Waals surface area contributed by atoms with E-state index in [0.29, 0.717) is 34.8 Å². The van der Waals surface area contributed by atoms with Crippen LogP contribution in [0.3, 0.4) is 0 Å². The second kappa shape index (κ2) is 10.4. The molecule has 2 aromatic heterocycles. The number of rotatable bonds is 10. The van der Waals surface area contributed by atoms with Crippen LogP contribution in [0.2, 0.25) is 0 Å². The van der Waals surface area contributed by atoms with Gasteiger partial charge in [-0.15, -0.1) is 0 Å². The van der Waals surface area contributed by atoms with Crippen LogP contribution in [0.5, 0.6) is 5.75 Å². The number of nitrogens with zero attached hydrogens (tertiary/aromatic N) is 3. The lowest BCUT2D eigenvalue weighted by molar-refractivity contribution is 0.0957. The van der Waals surface area contributed by atoms with E-state index in [2.05, 4.69) is 39.4 Å². The minimum absolute atomic E-state index is 0.222. The quantitative estimate of drug-likeness (QED) is 0.664.